The molecular weight excluding hydrogens is 346 g/mol. The van der Waals surface area contributed by atoms with Crippen LogP contribution in [-0.4, -0.2) is 56.1 Å². The monoisotopic (exact) mass is 371 g/mol. The van der Waals surface area contributed by atoms with Crippen molar-refractivity contribution in [1.29, 1.82) is 0 Å². The van der Waals surface area contributed by atoms with Gasteiger partial charge in [0.15, 0.2) is 18.1 Å². The van der Waals surface area contributed by atoms with Crippen molar-refractivity contribution in [3.63, 3.8) is 0 Å². The van der Waals surface area contributed by atoms with E-state index in [-0.39, 0.29) is 31.0 Å². The molecule has 2 rings (SSSR count). The number of hydrogen-bond donors (Lipinski definition) is 2. The van der Waals surface area contributed by atoms with Crippen molar-refractivity contribution in [3.05, 3.63) is 23.8 Å². The number of nitrogens with one attached hydrogen (secondary N) is 1. The van der Waals surface area contributed by atoms with E-state index in [1.807, 2.05) is 4.90 Å². The van der Waals surface area contributed by atoms with Crippen molar-refractivity contribution >= 4 is 24.2 Å². The Morgan fingerprint density at radius 3 is 2.68 bits per heavy atom. The summed E-state index contributed by atoms with van der Waals surface area (Å²) in [5, 5.41) is 3.29. The highest BCUT2D eigenvalue weighted by atomic mass is 35.5. The Labute approximate surface area is 154 Å². The summed E-state index contributed by atoms with van der Waals surface area (Å²) in [5.74, 6) is 0.200. The second kappa shape index (κ2) is 10.1. The van der Waals surface area contributed by atoms with E-state index in [9.17, 15) is 9.59 Å². The lowest BCUT2D eigenvalue weighted by Crippen LogP contribution is -2.42. The molecule has 1 aromatic rings. The number of benzene rings is 1. The molecule has 0 saturated carbocycles. The lowest BCUT2D eigenvalue weighted by atomic mass is 10.1. The van der Waals surface area contributed by atoms with Crippen LogP contribution in [0.15, 0.2) is 18.2 Å². The van der Waals surface area contributed by atoms with Gasteiger partial charge in [0, 0.05) is 24.7 Å². The molecule has 7 nitrogen and oxygen atoms in total. The molecule has 0 bridgehead atoms. The van der Waals surface area contributed by atoms with Crippen molar-refractivity contribution in [2.24, 2.45) is 5.73 Å². The van der Waals surface area contributed by atoms with Crippen LogP contribution in [0.5, 0.6) is 11.5 Å². The van der Waals surface area contributed by atoms with Crippen LogP contribution in [0.4, 0.5) is 0 Å². The first-order valence-corrected chi connectivity index (χ1v) is 8.17. The molecule has 1 aromatic carbocycles. The summed E-state index contributed by atoms with van der Waals surface area (Å²) in [6.07, 6.45) is 1.86. The van der Waals surface area contributed by atoms with Crippen molar-refractivity contribution < 1.29 is 19.1 Å². The summed E-state index contributed by atoms with van der Waals surface area (Å²) in [5.41, 5.74) is 5.62. The zero-order chi connectivity index (χ0) is 17.5. The summed E-state index contributed by atoms with van der Waals surface area (Å²) in [4.78, 5) is 25.7. The number of primary amides is 1. The van der Waals surface area contributed by atoms with Gasteiger partial charge in [-0.3, -0.25) is 9.59 Å². The van der Waals surface area contributed by atoms with Crippen molar-refractivity contribution in [1.82, 2.24) is 10.2 Å². The van der Waals surface area contributed by atoms with E-state index in [4.69, 9.17) is 15.2 Å². The Hall–Kier alpha value is -1.99. The minimum absolute atomic E-state index is 0. The first-order valence-electron chi connectivity index (χ1n) is 8.17. The van der Waals surface area contributed by atoms with Crippen LogP contribution in [0.25, 0.3) is 0 Å². The predicted octanol–water partition coefficient (Wildman–Crippen LogP) is 1.20. The number of rotatable bonds is 8. The van der Waals surface area contributed by atoms with E-state index in [0.717, 1.165) is 25.9 Å². The third-order valence-electron chi connectivity index (χ3n) is 3.98. The first-order chi connectivity index (χ1) is 11.6. The van der Waals surface area contributed by atoms with Crippen LogP contribution in [0.1, 0.15) is 30.1 Å². The first kappa shape index (κ1) is 21.1. The number of hydrogen-bond acceptors (Lipinski definition) is 5. The fraction of sp³-hybridized carbons (Fsp3) is 0.529. The van der Waals surface area contributed by atoms with Crippen LogP contribution < -0.4 is 20.5 Å². The van der Waals surface area contributed by atoms with E-state index in [1.165, 1.54) is 7.11 Å². The van der Waals surface area contributed by atoms with Gasteiger partial charge in [-0.05, 0) is 37.6 Å². The van der Waals surface area contributed by atoms with Crippen molar-refractivity contribution in [2.75, 3.05) is 33.4 Å². The molecule has 1 fully saturated rings. The van der Waals surface area contributed by atoms with Crippen LogP contribution >= 0.6 is 12.4 Å². The number of carbonyl (C=O) groups is 2. The second-order valence-electron chi connectivity index (χ2n) is 5.77. The third-order valence-corrected chi connectivity index (χ3v) is 3.98. The van der Waals surface area contributed by atoms with Gasteiger partial charge in [-0.1, -0.05) is 6.92 Å². The van der Waals surface area contributed by atoms with Gasteiger partial charge in [0.25, 0.3) is 11.8 Å². The van der Waals surface area contributed by atoms with E-state index >= 15 is 0 Å². The highest BCUT2D eigenvalue weighted by Gasteiger charge is 2.27. The largest absolute Gasteiger partial charge is 0.493 e. The Morgan fingerprint density at radius 1 is 1.36 bits per heavy atom. The highest BCUT2D eigenvalue weighted by molar-refractivity contribution is 5.95. The number of nitrogens with zero attached hydrogens (tertiary/aromatic N) is 1. The molecule has 1 aliphatic rings. The van der Waals surface area contributed by atoms with E-state index < -0.39 is 5.91 Å². The standard InChI is InChI=1S/C17H25N3O4.ClH/c1-3-8-20(13-6-7-19-10-13)17(22)12-4-5-14(15(9-12)23-2)24-11-16(18)21;/h4-5,9,13,19H,3,6-8,10-11H2,1-2H3,(H2,18,21);1H. The summed E-state index contributed by atoms with van der Waals surface area (Å²) < 4.78 is 10.6. The smallest absolute Gasteiger partial charge is 0.255 e. The second-order valence-corrected chi connectivity index (χ2v) is 5.77. The van der Waals surface area contributed by atoms with Gasteiger partial charge in [0.1, 0.15) is 0 Å². The molecule has 0 aliphatic carbocycles. The maximum atomic E-state index is 12.9. The molecule has 2 amide bonds. The summed E-state index contributed by atoms with van der Waals surface area (Å²) >= 11 is 0. The quantitative estimate of drug-likeness (QED) is 0.716. The Balaban J connectivity index is 0.00000312. The zero-order valence-corrected chi connectivity index (χ0v) is 15.4. The summed E-state index contributed by atoms with van der Waals surface area (Å²) in [6, 6.07) is 5.18. The van der Waals surface area contributed by atoms with Crippen molar-refractivity contribution in [3.8, 4) is 11.5 Å². The van der Waals surface area contributed by atoms with Gasteiger partial charge in [0.2, 0.25) is 0 Å². The maximum Gasteiger partial charge on any atom is 0.255 e. The predicted molar refractivity (Wildman–Crippen MR) is 97.5 cm³/mol. The fourth-order valence-corrected chi connectivity index (χ4v) is 2.83. The Bertz CT molecular complexity index is 591. The molecule has 1 atom stereocenters. The lowest BCUT2D eigenvalue weighted by Gasteiger charge is -2.28. The van der Waals surface area contributed by atoms with Crippen molar-refractivity contribution in [2.45, 2.75) is 25.8 Å². The molecule has 140 valence electrons. The molecule has 25 heavy (non-hydrogen) atoms. The molecule has 0 aromatic heterocycles. The summed E-state index contributed by atoms with van der Waals surface area (Å²) in [6.45, 7) is 4.29. The average molecular weight is 372 g/mol. The van der Waals surface area contributed by atoms with Crippen LogP contribution in [0, 0.1) is 0 Å². The van der Waals surface area contributed by atoms with E-state index in [0.29, 0.717) is 23.6 Å². The molecule has 1 unspecified atom stereocenters. The minimum atomic E-state index is -0.569. The van der Waals surface area contributed by atoms with Gasteiger partial charge in [-0.25, -0.2) is 0 Å². The third kappa shape index (κ3) is 5.51. The molecule has 8 heteroatoms. The topological polar surface area (TPSA) is 93.9 Å². The number of methoxy groups -OCH3 is 1. The normalized spacial score (nSPS) is 16.0. The Kier molecular flexibility index (Phi) is 8.51. The van der Waals surface area contributed by atoms with Gasteiger partial charge in [0.05, 0.1) is 7.11 Å². The SMILES string of the molecule is CCCN(C(=O)c1ccc(OCC(N)=O)c(OC)c1)C1CCNC1.Cl. The minimum Gasteiger partial charge on any atom is -0.493 e. The number of amides is 2. The molecule has 1 saturated heterocycles. The van der Waals surface area contributed by atoms with Gasteiger partial charge in [-0.15, -0.1) is 12.4 Å². The Morgan fingerprint density at radius 2 is 2.12 bits per heavy atom. The average Bonchev–Trinajstić information content (AvgIpc) is 3.11. The fourth-order valence-electron chi connectivity index (χ4n) is 2.83. The zero-order valence-electron chi connectivity index (χ0n) is 14.6. The van der Waals surface area contributed by atoms with Gasteiger partial charge >= 0.3 is 0 Å². The van der Waals surface area contributed by atoms with Crippen LogP contribution in [0.3, 0.4) is 0 Å². The van der Waals surface area contributed by atoms with Gasteiger partial charge in [-0.2, -0.15) is 0 Å². The molecule has 1 heterocycles. The van der Waals surface area contributed by atoms with E-state index in [1.54, 1.807) is 18.2 Å². The number of halogens is 1. The molecule has 0 radical (unpaired) electrons. The lowest BCUT2D eigenvalue weighted by molar-refractivity contribution is -0.119. The van der Waals surface area contributed by atoms with E-state index in [2.05, 4.69) is 12.2 Å². The maximum absolute atomic E-state index is 12.9. The highest BCUT2D eigenvalue weighted by Crippen LogP contribution is 2.29. The number of carbonyl (C=O) groups excluding carboxylic acids is 2. The molecule has 3 N–H and O–H groups in total. The van der Waals surface area contributed by atoms with Gasteiger partial charge < -0.3 is 25.4 Å². The van der Waals surface area contributed by atoms with Crippen LogP contribution in [0.2, 0.25) is 0 Å². The molecule has 0 spiro atoms. The number of ether oxygens (including phenoxy) is 2. The summed E-state index contributed by atoms with van der Waals surface area (Å²) in [7, 11) is 1.49. The van der Waals surface area contributed by atoms with Crippen LogP contribution in [-0.2, 0) is 4.79 Å². The molecular formula is C17H26ClN3O4. The number of nitrogens with two attached hydrogens (primary N) is 1. The molecule has 1 aliphatic heterocycles.